The number of aliphatic carboxylic acids is 1. The molecule has 0 saturated heterocycles. The Bertz CT molecular complexity index is 1180. The number of benzene rings is 2. The number of nitrogens with zero attached hydrogens (tertiary/aromatic N) is 1. The van der Waals surface area contributed by atoms with Crippen LogP contribution in [0.1, 0.15) is 16.1 Å². The average molecular weight is 392 g/mol. The number of carboxylic acids is 1. The smallest absolute Gasteiger partial charge is 0.303 e. The highest BCUT2D eigenvalue weighted by Crippen LogP contribution is 2.30. The number of aryl methyl sites for hydroxylation is 1. The number of methoxy groups -OCH3 is 2. The molecule has 1 N–H and O–H groups in total. The first-order valence-electron chi connectivity index (χ1n) is 9.46. The summed E-state index contributed by atoms with van der Waals surface area (Å²) in [5.41, 5.74) is 0.726. The molecule has 0 saturated carbocycles. The highest BCUT2D eigenvalue weighted by molar-refractivity contribution is 7.90. The van der Waals surface area contributed by atoms with E-state index in [4.69, 9.17) is 18.7 Å². The van der Waals surface area contributed by atoms with Crippen molar-refractivity contribution in [1.82, 2.24) is 3.97 Å². The van der Waals surface area contributed by atoms with Gasteiger partial charge in [0.2, 0.25) is 0 Å². The van der Waals surface area contributed by atoms with Crippen molar-refractivity contribution < 1.29 is 31.9 Å². The van der Waals surface area contributed by atoms with Gasteiger partial charge in [0.25, 0.3) is 10.0 Å². The Morgan fingerprint density at radius 3 is 2.48 bits per heavy atom. The van der Waals surface area contributed by atoms with Crippen molar-refractivity contribution in [2.75, 3.05) is 14.1 Å². The molecule has 0 aliphatic heterocycles. The summed E-state index contributed by atoms with van der Waals surface area (Å²) in [5, 5.41) is 9.41. The molecule has 1 aromatic heterocycles. The third kappa shape index (κ3) is 3.61. The van der Waals surface area contributed by atoms with Crippen molar-refractivity contribution in [1.29, 1.82) is 0 Å². The fraction of sp³-hybridized carbons (Fsp3) is 0.211. The first-order chi connectivity index (χ1) is 14.0. The van der Waals surface area contributed by atoms with Gasteiger partial charge in [-0.05, 0) is 54.4 Å². The van der Waals surface area contributed by atoms with E-state index in [0.717, 1.165) is 3.97 Å². The minimum atomic E-state index is -3.99. The zero-order valence-electron chi connectivity index (χ0n) is 17.4. The second kappa shape index (κ2) is 7.32. The number of hydrogen-bond acceptors (Lipinski definition) is 5. The molecule has 8 heteroatoms. The lowest BCUT2D eigenvalue weighted by Crippen LogP contribution is -2.11. The second-order valence-electron chi connectivity index (χ2n) is 5.81. The van der Waals surface area contributed by atoms with Gasteiger partial charge in [-0.1, -0.05) is 0 Å². The van der Waals surface area contributed by atoms with Gasteiger partial charge in [-0.3, -0.25) is 4.79 Å². The molecule has 7 nitrogen and oxygen atoms in total. The van der Waals surface area contributed by atoms with E-state index in [1.807, 2.05) is 0 Å². The summed E-state index contributed by atoms with van der Waals surface area (Å²) in [6, 6.07) is 10.0. The first-order valence-corrected chi connectivity index (χ1v) is 9.40. The van der Waals surface area contributed by atoms with E-state index in [9.17, 15) is 13.2 Å². The van der Waals surface area contributed by atoms with Crippen LogP contribution in [-0.4, -0.2) is 37.6 Å². The molecule has 0 amide bonds. The number of carbonyl (C=O) groups is 1. The summed E-state index contributed by atoms with van der Waals surface area (Å²) >= 11 is 0. The van der Waals surface area contributed by atoms with Gasteiger partial charge in [0.05, 0.1) is 28.7 Å². The highest BCUT2D eigenvalue weighted by atomic mass is 32.2. The van der Waals surface area contributed by atoms with Crippen molar-refractivity contribution in [3.8, 4) is 11.5 Å². The summed E-state index contributed by atoms with van der Waals surface area (Å²) in [7, 11) is -5.20. The Labute approximate surface area is 161 Å². The van der Waals surface area contributed by atoms with E-state index in [0.29, 0.717) is 16.7 Å². The average Bonchev–Trinajstić information content (AvgIpc) is 3.04. The summed E-state index contributed by atoms with van der Waals surface area (Å²) in [5.74, 6) is -0.512. The third-order valence-corrected chi connectivity index (χ3v) is 5.85. The van der Waals surface area contributed by atoms with Gasteiger partial charge in [-0.15, -0.1) is 0 Å². The van der Waals surface area contributed by atoms with Crippen LogP contribution in [0.5, 0.6) is 11.5 Å². The van der Waals surface area contributed by atoms with Crippen LogP contribution in [-0.2, 0) is 21.2 Å². The molecule has 3 aromatic rings. The predicted octanol–water partition coefficient (Wildman–Crippen LogP) is 2.91. The molecular formula is C19H19NO6S. The summed E-state index contributed by atoms with van der Waals surface area (Å²) in [6.07, 6.45) is 1.20. The largest absolute Gasteiger partial charge is 0.497 e. The maximum absolute atomic E-state index is 13.2. The standard InChI is InChI=1S/C19H19NO6S/c1-25-14-4-7-16(8-5-14)27(23,24)20-12-13(3-10-19(21)22)17-11-15(26-2)6-9-18(17)20/h4-9,11-12H,3,10H2,1-2H3,(H,21,22)/i2D3. The van der Waals surface area contributed by atoms with Crippen molar-refractivity contribution >= 4 is 26.9 Å². The molecular weight excluding hydrogens is 370 g/mol. The molecule has 3 rings (SSSR count). The maximum atomic E-state index is 13.2. The third-order valence-electron chi connectivity index (χ3n) is 4.17. The van der Waals surface area contributed by atoms with Crippen LogP contribution in [0.2, 0.25) is 0 Å². The lowest BCUT2D eigenvalue weighted by atomic mass is 10.1. The molecule has 2 aromatic carbocycles. The van der Waals surface area contributed by atoms with Crippen molar-refractivity contribution in [3.05, 3.63) is 54.2 Å². The fourth-order valence-electron chi connectivity index (χ4n) is 2.81. The van der Waals surface area contributed by atoms with Gasteiger partial charge >= 0.3 is 5.97 Å². The molecule has 0 unspecified atom stereocenters. The summed E-state index contributed by atoms with van der Waals surface area (Å²) in [4.78, 5) is 11.0. The zero-order valence-corrected chi connectivity index (χ0v) is 15.2. The lowest BCUT2D eigenvalue weighted by molar-refractivity contribution is -0.136. The molecule has 142 valence electrons. The molecule has 0 bridgehead atoms. The summed E-state index contributed by atoms with van der Waals surface area (Å²) in [6.45, 7) is 0. The van der Waals surface area contributed by atoms with Crippen molar-refractivity contribution in [2.24, 2.45) is 0 Å². The van der Waals surface area contributed by atoms with E-state index < -0.39 is 23.0 Å². The lowest BCUT2D eigenvalue weighted by Gasteiger charge is -2.09. The highest BCUT2D eigenvalue weighted by Gasteiger charge is 2.22. The van der Waals surface area contributed by atoms with E-state index in [-0.39, 0.29) is 29.0 Å². The molecule has 0 radical (unpaired) electrons. The molecule has 0 atom stereocenters. The Hall–Kier alpha value is -3.00. The molecule has 27 heavy (non-hydrogen) atoms. The number of fused-ring (bicyclic) bond motifs is 1. The molecule has 0 spiro atoms. The Morgan fingerprint density at radius 2 is 1.85 bits per heavy atom. The monoisotopic (exact) mass is 392 g/mol. The van der Waals surface area contributed by atoms with Crippen LogP contribution in [0, 0.1) is 0 Å². The number of aromatic nitrogens is 1. The fourth-order valence-corrected chi connectivity index (χ4v) is 4.20. The number of carboxylic acid groups (broad SMARTS) is 1. The van der Waals surface area contributed by atoms with E-state index in [2.05, 4.69) is 0 Å². The van der Waals surface area contributed by atoms with Gasteiger partial charge in [0.15, 0.2) is 0 Å². The SMILES string of the molecule is [2H]C([2H])([2H])Oc1ccc2c(c1)c(CCC(=O)O)cn2S(=O)(=O)c1ccc(OC)cc1. The Kier molecular flexibility index (Phi) is 4.09. The number of rotatable bonds is 7. The van der Waals surface area contributed by atoms with Crippen LogP contribution in [0.15, 0.2) is 53.6 Å². The minimum absolute atomic E-state index is 0.0211. The number of ether oxygens (including phenoxy) is 2. The number of hydrogen-bond donors (Lipinski definition) is 1. The van der Waals surface area contributed by atoms with E-state index in [1.165, 1.54) is 55.8 Å². The Balaban J connectivity index is 2.14. The van der Waals surface area contributed by atoms with Crippen molar-refractivity contribution in [3.63, 3.8) is 0 Å². The quantitative estimate of drug-likeness (QED) is 0.664. The van der Waals surface area contributed by atoms with Crippen molar-refractivity contribution in [2.45, 2.75) is 17.7 Å². The van der Waals surface area contributed by atoms with Crippen LogP contribution in [0.3, 0.4) is 0 Å². The zero-order chi connectivity index (χ0) is 22.1. The predicted molar refractivity (Wildman–Crippen MR) is 100 cm³/mol. The second-order valence-corrected chi connectivity index (χ2v) is 7.62. The molecule has 1 heterocycles. The van der Waals surface area contributed by atoms with Gasteiger partial charge in [0.1, 0.15) is 11.5 Å². The summed E-state index contributed by atoms with van der Waals surface area (Å²) < 4.78 is 59.1. The maximum Gasteiger partial charge on any atom is 0.303 e. The van der Waals surface area contributed by atoms with Gasteiger partial charge in [0, 0.05) is 18.0 Å². The van der Waals surface area contributed by atoms with Crippen LogP contribution < -0.4 is 9.47 Å². The van der Waals surface area contributed by atoms with Gasteiger partial charge < -0.3 is 14.6 Å². The van der Waals surface area contributed by atoms with Gasteiger partial charge in [-0.25, -0.2) is 12.4 Å². The van der Waals surface area contributed by atoms with Crippen LogP contribution in [0.25, 0.3) is 10.9 Å². The van der Waals surface area contributed by atoms with E-state index in [1.54, 1.807) is 0 Å². The normalized spacial score (nSPS) is 13.6. The topological polar surface area (TPSA) is 94.8 Å². The van der Waals surface area contributed by atoms with Crippen LogP contribution in [0.4, 0.5) is 0 Å². The Morgan fingerprint density at radius 1 is 1.15 bits per heavy atom. The minimum Gasteiger partial charge on any atom is -0.497 e. The first kappa shape index (κ1) is 15.1. The molecule has 0 fully saturated rings. The molecule has 0 aliphatic carbocycles. The molecule has 0 aliphatic rings. The van der Waals surface area contributed by atoms with Gasteiger partial charge in [-0.2, -0.15) is 0 Å². The van der Waals surface area contributed by atoms with Crippen LogP contribution >= 0.6 is 0 Å². The van der Waals surface area contributed by atoms with E-state index >= 15 is 0 Å².